The number of hydrogen-bond donors (Lipinski definition) is 0. The van der Waals surface area contributed by atoms with Crippen molar-refractivity contribution >= 4 is 9.84 Å². The summed E-state index contributed by atoms with van der Waals surface area (Å²) < 4.78 is 24.9. The highest BCUT2D eigenvalue weighted by molar-refractivity contribution is 7.91. The quantitative estimate of drug-likeness (QED) is 0.730. The topological polar surface area (TPSA) is 75.5 Å². The van der Waals surface area contributed by atoms with Crippen molar-refractivity contribution in [3.8, 4) is 0 Å². The highest BCUT2D eigenvalue weighted by Gasteiger charge is 2.33. The van der Waals surface area contributed by atoms with E-state index in [2.05, 4.69) is 14.9 Å². The number of nitrogens with zero attached hydrogens (tertiary/aromatic N) is 4. The molecule has 132 valence electrons. The maximum absolute atomic E-state index is 12.2. The van der Waals surface area contributed by atoms with E-state index in [0.29, 0.717) is 18.2 Å². The van der Waals surface area contributed by atoms with Gasteiger partial charge in [-0.05, 0) is 31.2 Å². The van der Waals surface area contributed by atoms with Crippen LogP contribution in [0.2, 0.25) is 0 Å². The Morgan fingerprint density at radius 3 is 2.67 bits per heavy atom. The van der Waals surface area contributed by atoms with Gasteiger partial charge >= 0.3 is 0 Å². The van der Waals surface area contributed by atoms with Gasteiger partial charge in [-0.1, -0.05) is 0 Å². The van der Waals surface area contributed by atoms with Crippen LogP contribution >= 0.6 is 0 Å². The van der Waals surface area contributed by atoms with Gasteiger partial charge in [-0.15, -0.1) is 0 Å². The van der Waals surface area contributed by atoms with Gasteiger partial charge in [0.1, 0.15) is 0 Å². The van der Waals surface area contributed by atoms with Crippen molar-refractivity contribution in [1.29, 1.82) is 0 Å². The van der Waals surface area contributed by atoms with Crippen LogP contribution in [0.4, 0.5) is 0 Å². The zero-order chi connectivity index (χ0) is 16.7. The molecule has 3 aliphatic rings. The molecule has 8 heteroatoms. The summed E-state index contributed by atoms with van der Waals surface area (Å²) >= 11 is 0. The van der Waals surface area contributed by atoms with Crippen molar-refractivity contribution in [3.05, 3.63) is 27.7 Å². The smallest absolute Gasteiger partial charge is 0.268 e. The van der Waals surface area contributed by atoms with Gasteiger partial charge in [-0.25, -0.2) is 13.1 Å². The molecule has 0 radical (unpaired) electrons. The largest absolute Gasteiger partial charge is 0.297 e. The van der Waals surface area contributed by atoms with Crippen LogP contribution in [-0.4, -0.2) is 71.7 Å². The number of hydrogen-bond acceptors (Lipinski definition) is 6. The Bertz CT molecular complexity index is 781. The lowest BCUT2D eigenvalue weighted by molar-refractivity contribution is 0.0797. The number of aromatic nitrogens is 2. The predicted octanol–water partition coefficient (Wildman–Crippen LogP) is -0.506. The Morgan fingerprint density at radius 1 is 1.17 bits per heavy atom. The molecule has 0 saturated carbocycles. The van der Waals surface area contributed by atoms with Crippen LogP contribution < -0.4 is 5.56 Å². The monoisotopic (exact) mass is 352 g/mol. The van der Waals surface area contributed by atoms with Gasteiger partial charge in [0.15, 0.2) is 9.84 Å². The van der Waals surface area contributed by atoms with E-state index in [1.807, 2.05) is 0 Å². The summed E-state index contributed by atoms with van der Waals surface area (Å²) in [4.78, 5) is 16.7. The molecule has 0 aromatic carbocycles. The first-order valence-corrected chi connectivity index (χ1v) is 10.6. The first-order valence-electron chi connectivity index (χ1n) is 8.77. The van der Waals surface area contributed by atoms with Crippen LogP contribution in [0.25, 0.3) is 0 Å². The van der Waals surface area contributed by atoms with Gasteiger partial charge in [0.05, 0.1) is 23.9 Å². The first kappa shape index (κ1) is 16.2. The van der Waals surface area contributed by atoms with Crippen LogP contribution in [0.3, 0.4) is 0 Å². The minimum atomic E-state index is -2.83. The number of aryl methyl sites for hydroxylation is 2. The fourth-order valence-electron chi connectivity index (χ4n) is 4.06. The highest BCUT2D eigenvalue weighted by atomic mass is 32.2. The summed E-state index contributed by atoms with van der Waals surface area (Å²) in [5.74, 6) is 0.630. The lowest BCUT2D eigenvalue weighted by Crippen LogP contribution is -2.51. The third-order valence-electron chi connectivity index (χ3n) is 5.49. The van der Waals surface area contributed by atoms with Crippen molar-refractivity contribution in [2.75, 3.05) is 37.7 Å². The zero-order valence-electron chi connectivity index (χ0n) is 13.9. The molecule has 1 aromatic rings. The Kier molecular flexibility index (Phi) is 4.22. The van der Waals surface area contributed by atoms with Crippen molar-refractivity contribution in [3.63, 3.8) is 0 Å². The average Bonchev–Trinajstić information content (AvgIpc) is 3.14. The lowest BCUT2D eigenvalue weighted by Gasteiger charge is -2.37. The first-order chi connectivity index (χ1) is 11.5. The normalized spacial score (nSPS) is 27.4. The average molecular weight is 352 g/mol. The van der Waals surface area contributed by atoms with Crippen molar-refractivity contribution < 1.29 is 8.42 Å². The van der Waals surface area contributed by atoms with E-state index in [-0.39, 0.29) is 11.6 Å². The molecule has 2 saturated heterocycles. The van der Waals surface area contributed by atoms with Gasteiger partial charge in [-0.2, -0.15) is 5.10 Å². The van der Waals surface area contributed by atoms with Gasteiger partial charge < -0.3 is 0 Å². The summed E-state index contributed by atoms with van der Waals surface area (Å²) in [6, 6.07) is 1.92. The maximum Gasteiger partial charge on any atom is 0.268 e. The van der Waals surface area contributed by atoms with E-state index in [0.717, 1.165) is 63.1 Å². The molecule has 1 aliphatic carbocycles. The number of rotatable bonds is 3. The molecule has 2 aliphatic heterocycles. The van der Waals surface area contributed by atoms with E-state index >= 15 is 0 Å². The molecule has 0 amide bonds. The summed E-state index contributed by atoms with van der Waals surface area (Å²) in [6.07, 6.45) is 3.80. The number of fused-ring (bicyclic) bond motifs is 1. The van der Waals surface area contributed by atoms with Crippen LogP contribution in [-0.2, 0) is 29.3 Å². The predicted molar refractivity (Wildman–Crippen MR) is 90.7 cm³/mol. The Morgan fingerprint density at radius 2 is 1.96 bits per heavy atom. The second-order valence-electron chi connectivity index (χ2n) is 7.16. The molecular weight excluding hydrogens is 328 g/mol. The summed E-state index contributed by atoms with van der Waals surface area (Å²) in [7, 11) is -2.83. The van der Waals surface area contributed by atoms with Gasteiger partial charge in [0, 0.05) is 38.3 Å². The molecule has 1 aromatic heterocycles. The molecule has 3 heterocycles. The molecular formula is C16H24N4O3S. The summed E-state index contributed by atoms with van der Waals surface area (Å²) in [6.45, 7) is 3.95. The van der Waals surface area contributed by atoms with Crippen molar-refractivity contribution in [2.45, 2.75) is 38.4 Å². The maximum atomic E-state index is 12.2. The Hall–Kier alpha value is -1.25. The fraction of sp³-hybridized carbons (Fsp3) is 0.750. The van der Waals surface area contributed by atoms with Gasteiger partial charge in [0.2, 0.25) is 0 Å². The molecule has 0 unspecified atom stereocenters. The molecule has 7 nitrogen and oxygen atoms in total. The minimum absolute atomic E-state index is 0.0139. The summed E-state index contributed by atoms with van der Waals surface area (Å²) in [5, 5.41) is 4.53. The van der Waals surface area contributed by atoms with E-state index in [9.17, 15) is 13.2 Å². The van der Waals surface area contributed by atoms with Gasteiger partial charge in [-0.3, -0.25) is 14.6 Å². The second-order valence-corrected chi connectivity index (χ2v) is 9.39. The van der Waals surface area contributed by atoms with Crippen molar-refractivity contribution in [2.24, 2.45) is 0 Å². The number of piperazine rings is 1. The molecule has 0 bridgehead atoms. The van der Waals surface area contributed by atoms with Crippen LogP contribution in [0.1, 0.15) is 24.1 Å². The Balaban J connectivity index is 1.36. The van der Waals surface area contributed by atoms with Crippen LogP contribution in [0.5, 0.6) is 0 Å². The standard InChI is InChI=1S/C16H24N4O3S/c21-16-10-13-2-1-3-15(13)17-20(16)12-18-5-7-19(8-6-18)14-4-9-24(22,23)11-14/h10,14H,1-9,11-12H2/t14-/m0/s1. The van der Waals surface area contributed by atoms with Crippen LogP contribution in [0, 0.1) is 0 Å². The molecule has 24 heavy (non-hydrogen) atoms. The van der Waals surface area contributed by atoms with E-state index in [1.54, 1.807) is 10.7 Å². The molecule has 0 N–H and O–H groups in total. The summed E-state index contributed by atoms with van der Waals surface area (Å²) in [5.41, 5.74) is 2.17. The zero-order valence-corrected chi connectivity index (χ0v) is 14.7. The SMILES string of the molecule is O=c1cc2c(nn1CN1CCN([C@H]3CCS(=O)(=O)C3)CC1)CCC2. The van der Waals surface area contributed by atoms with Gasteiger partial charge in [0.25, 0.3) is 5.56 Å². The molecule has 2 fully saturated rings. The van der Waals surface area contributed by atoms with Crippen LogP contribution in [0.15, 0.2) is 10.9 Å². The van der Waals surface area contributed by atoms with E-state index in [1.165, 1.54) is 0 Å². The second kappa shape index (κ2) is 6.24. The van der Waals surface area contributed by atoms with Crippen molar-refractivity contribution in [1.82, 2.24) is 19.6 Å². The third kappa shape index (κ3) is 3.27. The fourth-order valence-corrected chi connectivity index (χ4v) is 5.83. The lowest BCUT2D eigenvalue weighted by atomic mass is 10.2. The number of sulfone groups is 1. The van der Waals surface area contributed by atoms with E-state index in [4.69, 9.17) is 0 Å². The van der Waals surface area contributed by atoms with E-state index < -0.39 is 9.84 Å². The minimum Gasteiger partial charge on any atom is -0.297 e. The highest BCUT2D eigenvalue weighted by Crippen LogP contribution is 2.20. The molecule has 1 atom stereocenters. The molecule has 4 rings (SSSR count). The third-order valence-corrected chi connectivity index (χ3v) is 7.24. The Labute approximate surface area is 142 Å². The molecule has 0 spiro atoms.